The highest BCUT2D eigenvalue weighted by Crippen LogP contribution is 2.37. The topological polar surface area (TPSA) is 45.3 Å². The molecule has 0 saturated carbocycles. The van der Waals surface area contributed by atoms with Crippen LogP contribution in [0.5, 0.6) is 11.5 Å². The fourth-order valence-corrected chi connectivity index (χ4v) is 4.75. The predicted octanol–water partition coefficient (Wildman–Crippen LogP) is 2.88. The lowest BCUT2D eigenvalue weighted by atomic mass is 10.1. The Balaban J connectivity index is 1.15. The van der Waals surface area contributed by atoms with Crippen molar-refractivity contribution in [3.05, 3.63) is 52.0 Å². The zero-order valence-electron chi connectivity index (χ0n) is 16.3. The highest BCUT2D eigenvalue weighted by atomic mass is 79.9. The highest BCUT2D eigenvalue weighted by Gasteiger charge is 2.27. The molecular weight excluding hydrogens is 434 g/mol. The van der Waals surface area contributed by atoms with Gasteiger partial charge in [-0.1, -0.05) is 34.1 Å². The summed E-state index contributed by atoms with van der Waals surface area (Å²) < 4.78 is 12.0. The van der Waals surface area contributed by atoms with E-state index in [1.807, 2.05) is 23.1 Å². The van der Waals surface area contributed by atoms with Crippen LogP contribution in [0, 0.1) is 0 Å². The van der Waals surface area contributed by atoms with Crippen LogP contribution in [0.25, 0.3) is 0 Å². The fraction of sp³-hybridized carbons (Fsp3) is 0.409. The number of benzene rings is 2. The van der Waals surface area contributed by atoms with Crippen LogP contribution < -0.4 is 14.4 Å². The van der Waals surface area contributed by atoms with Crippen LogP contribution in [0.15, 0.2) is 40.9 Å². The van der Waals surface area contributed by atoms with Crippen molar-refractivity contribution >= 4 is 27.5 Å². The first-order valence-corrected chi connectivity index (χ1v) is 10.9. The summed E-state index contributed by atoms with van der Waals surface area (Å²) >= 11 is 3.65. The zero-order chi connectivity index (χ0) is 19.8. The Bertz CT molecular complexity index is 928. The summed E-state index contributed by atoms with van der Waals surface area (Å²) in [5, 5.41) is 0. The highest BCUT2D eigenvalue weighted by molar-refractivity contribution is 9.10. The molecule has 1 amide bonds. The number of ether oxygens (including phenoxy) is 2. The molecule has 3 aliphatic rings. The number of rotatable bonds is 4. The molecular formula is C22H24BrN3O3. The summed E-state index contributed by atoms with van der Waals surface area (Å²) in [6.45, 7) is 6.16. The van der Waals surface area contributed by atoms with Crippen molar-refractivity contribution in [2.75, 3.05) is 51.0 Å². The van der Waals surface area contributed by atoms with Crippen molar-refractivity contribution < 1.29 is 14.3 Å². The molecule has 0 N–H and O–H groups in total. The number of anilines is 1. The van der Waals surface area contributed by atoms with E-state index in [2.05, 4.69) is 43.9 Å². The maximum Gasteiger partial charge on any atom is 0.241 e. The van der Waals surface area contributed by atoms with Crippen LogP contribution in [0.4, 0.5) is 5.69 Å². The third kappa shape index (κ3) is 3.86. The molecule has 6 nitrogen and oxygen atoms in total. The van der Waals surface area contributed by atoms with Gasteiger partial charge in [0.25, 0.3) is 0 Å². The van der Waals surface area contributed by atoms with Crippen LogP contribution in [-0.2, 0) is 17.8 Å². The van der Waals surface area contributed by atoms with Gasteiger partial charge < -0.3 is 14.4 Å². The average Bonchev–Trinajstić information content (AvgIpc) is 3.36. The second-order valence-corrected chi connectivity index (χ2v) is 8.63. The number of carbonyl (C=O) groups is 1. The van der Waals surface area contributed by atoms with Crippen molar-refractivity contribution in [1.82, 2.24) is 9.80 Å². The minimum absolute atomic E-state index is 0.210. The maximum absolute atomic E-state index is 12.8. The van der Waals surface area contributed by atoms with E-state index in [0.717, 1.165) is 67.3 Å². The van der Waals surface area contributed by atoms with Crippen LogP contribution in [-0.4, -0.2) is 61.8 Å². The number of fused-ring (bicyclic) bond motifs is 2. The summed E-state index contributed by atoms with van der Waals surface area (Å²) in [4.78, 5) is 19.5. The molecule has 0 bridgehead atoms. The van der Waals surface area contributed by atoms with Gasteiger partial charge in [-0.05, 0) is 35.7 Å². The lowest BCUT2D eigenvalue weighted by Gasteiger charge is -2.35. The van der Waals surface area contributed by atoms with E-state index in [-0.39, 0.29) is 5.91 Å². The monoisotopic (exact) mass is 457 g/mol. The number of hydrogen-bond donors (Lipinski definition) is 0. The summed E-state index contributed by atoms with van der Waals surface area (Å²) in [5.41, 5.74) is 3.57. The molecule has 0 aromatic heterocycles. The molecule has 3 heterocycles. The molecule has 5 rings (SSSR count). The second kappa shape index (κ2) is 7.97. The van der Waals surface area contributed by atoms with Crippen molar-refractivity contribution in [2.45, 2.75) is 13.0 Å². The smallest absolute Gasteiger partial charge is 0.241 e. The number of halogens is 1. The number of carbonyl (C=O) groups excluding carboxylic acids is 1. The third-order valence-electron chi connectivity index (χ3n) is 5.95. The normalized spacial score (nSPS) is 18.9. The molecule has 0 atom stereocenters. The van der Waals surface area contributed by atoms with Gasteiger partial charge in [-0.15, -0.1) is 0 Å². The van der Waals surface area contributed by atoms with Gasteiger partial charge in [0.1, 0.15) is 0 Å². The number of nitrogens with zero attached hydrogens (tertiary/aromatic N) is 3. The van der Waals surface area contributed by atoms with Gasteiger partial charge in [-0.25, -0.2) is 0 Å². The van der Waals surface area contributed by atoms with Crippen LogP contribution >= 0.6 is 15.9 Å². The lowest BCUT2D eigenvalue weighted by molar-refractivity contribution is -0.120. The van der Waals surface area contributed by atoms with E-state index in [4.69, 9.17) is 9.47 Å². The molecule has 152 valence electrons. The molecule has 2 aromatic rings. The van der Waals surface area contributed by atoms with Crippen LogP contribution in [0.3, 0.4) is 0 Å². The van der Waals surface area contributed by atoms with E-state index in [1.165, 1.54) is 11.1 Å². The summed E-state index contributed by atoms with van der Waals surface area (Å²) in [5.74, 6) is 1.83. The first kappa shape index (κ1) is 18.9. The third-order valence-corrected chi connectivity index (χ3v) is 6.69. The quantitative estimate of drug-likeness (QED) is 0.706. The Morgan fingerprint density at radius 2 is 1.69 bits per heavy atom. The van der Waals surface area contributed by atoms with Gasteiger partial charge in [-0.2, -0.15) is 0 Å². The van der Waals surface area contributed by atoms with E-state index < -0.39 is 0 Å². The van der Waals surface area contributed by atoms with Crippen molar-refractivity contribution in [2.24, 2.45) is 0 Å². The SMILES string of the molecule is O=C(CN1CCN(Cc2cc3c(cc2Br)OCO3)CC1)N1CCc2ccccc21. The minimum atomic E-state index is 0.210. The van der Waals surface area contributed by atoms with Crippen LogP contribution in [0.1, 0.15) is 11.1 Å². The second-order valence-electron chi connectivity index (χ2n) is 7.77. The molecule has 0 radical (unpaired) electrons. The van der Waals surface area contributed by atoms with Crippen LogP contribution in [0.2, 0.25) is 0 Å². The molecule has 1 fully saturated rings. The number of piperazine rings is 1. The fourth-order valence-electron chi connectivity index (χ4n) is 4.30. The van der Waals surface area contributed by atoms with E-state index in [1.54, 1.807) is 0 Å². The molecule has 2 aromatic carbocycles. The van der Waals surface area contributed by atoms with Gasteiger partial charge in [0.15, 0.2) is 11.5 Å². The average molecular weight is 458 g/mol. The maximum atomic E-state index is 12.8. The number of para-hydroxylation sites is 1. The molecule has 0 aliphatic carbocycles. The Hall–Kier alpha value is -2.09. The van der Waals surface area contributed by atoms with Gasteiger partial charge in [0.2, 0.25) is 12.7 Å². The Labute approximate surface area is 179 Å². The Morgan fingerprint density at radius 1 is 0.966 bits per heavy atom. The van der Waals surface area contributed by atoms with Gasteiger partial charge in [0.05, 0.1) is 6.54 Å². The molecule has 0 unspecified atom stereocenters. The molecule has 29 heavy (non-hydrogen) atoms. The van der Waals surface area contributed by atoms with Gasteiger partial charge >= 0.3 is 0 Å². The summed E-state index contributed by atoms with van der Waals surface area (Å²) in [7, 11) is 0. The van der Waals surface area contributed by atoms with Crippen molar-refractivity contribution in [3.63, 3.8) is 0 Å². The molecule has 0 spiro atoms. The first-order valence-electron chi connectivity index (χ1n) is 10.1. The number of amides is 1. The van der Waals surface area contributed by atoms with E-state index in [9.17, 15) is 4.79 Å². The largest absolute Gasteiger partial charge is 0.454 e. The first-order chi connectivity index (χ1) is 14.2. The van der Waals surface area contributed by atoms with Crippen molar-refractivity contribution in [1.29, 1.82) is 0 Å². The lowest BCUT2D eigenvalue weighted by Crippen LogP contribution is -2.49. The minimum Gasteiger partial charge on any atom is -0.454 e. The van der Waals surface area contributed by atoms with E-state index in [0.29, 0.717) is 13.3 Å². The molecule has 7 heteroatoms. The Kier molecular flexibility index (Phi) is 5.20. The van der Waals surface area contributed by atoms with Crippen molar-refractivity contribution in [3.8, 4) is 11.5 Å². The van der Waals surface area contributed by atoms with Gasteiger partial charge in [-0.3, -0.25) is 14.6 Å². The summed E-state index contributed by atoms with van der Waals surface area (Å²) in [6, 6.07) is 12.3. The number of hydrogen-bond acceptors (Lipinski definition) is 5. The summed E-state index contributed by atoms with van der Waals surface area (Å²) in [6.07, 6.45) is 0.958. The standard InChI is InChI=1S/C22H24BrN3O3/c23-18-12-21-20(28-15-29-21)11-17(18)13-24-7-9-25(10-8-24)14-22(27)26-6-5-16-3-1-2-4-19(16)26/h1-4,11-12H,5-10,13-15H2. The Morgan fingerprint density at radius 3 is 2.52 bits per heavy atom. The van der Waals surface area contributed by atoms with E-state index >= 15 is 0 Å². The molecule has 3 aliphatic heterocycles. The molecule has 1 saturated heterocycles. The zero-order valence-corrected chi connectivity index (χ0v) is 17.9. The van der Waals surface area contributed by atoms with Gasteiger partial charge in [0, 0.05) is 49.4 Å². The predicted molar refractivity (Wildman–Crippen MR) is 114 cm³/mol.